The molecule has 4 N–H and O–H groups in total. The number of benzene rings is 1. The third kappa shape index (κ3) is 3.18. The van der Waals surface area contributed by atoms with E-state index in [1.165, 1.54) is 6.07 Å². The van der Waals surface area contributed by atoms with Crippen molar-refractivity contribution in [2.45, 2.75) is 0 Å². The van der Waals surface area contributed by atoms with Gasteiger partial charge in [0.25, 0.3) is 0 Å². The zero-order valence-corrected chi connectivity index (χ0v) is 10.0. The highest BCUT2D eigenvalue weighted by Crippen LogP contribution is 2.20. The summed E-state index contributed by atoms with van der Waals surface area (Å²) in [5, 5.41) is 19.3. The molecule has 1 aromatic rings. The summed E-state index contributed by atoms with van der Waals surface area (Å²) in [6.45, 7) is 0. The minimum atomic E-state index is -0.449. The number of rotatable bonds is 4. The summed E-state index contributed by atoms with van der Waals surface area (Å²) in [6.07, 6.45) is 0. The number of hydrogen-bond acceptors (Lipinski definition) is 5. The molecule has 0 bridgehead atoms. The van der Waals surface area contributed by atoms with E-state index in [9.17, 15) is 4.39 Å². The Morgan fingerprint density at radius 2 is 2.22 bits per heavy atom. The molecule has 0 spiro atoms. The number of hydrogen-bond donors (Lipinski definition) is 3. The fourth-order valence-electron chi connectivity index (χ4n) is 1.21. The average molecular weight is 248 g/mol. The van der Waals surface area contributed by atoms with E-state index in [0.29, 0.717) is 11.4 Å². The first-order chi connectivity index (χ1) is 8.45. The highest BCUT2D eigenvalue weighted by atomic mass is 19.1. The van der Waals surface area contributed by atoms with Crippen molar-refractivity contribution in [2.24, 2.45) is 10.8 Å². The van der Waals surface area contributed by atoms with Gasteiger partial charge in [0.1, 0.15) is 11.9 Å². The van der Waals surface area contributed by atoms with Crippen LogP contribution in [0.1, 0.15) is 0 Å². The number of nitrogens with zero attached hydrogens (tertiary/aromatic N) is 3. The molecule has 0 fully saturated rings. The number of nitrogens with one attached hydrogen (secondary N) is 2. The summed E-state index contributed by atoms with van der Waals surface area (Å²) in [5.74, 6) is -0.864. The summed E-state index contributed by atoms with van der Waals surface area (Å²) in [7, 11) is 3.46. The van der Waals surface area contributed by atoms with E-state index >= 15 is 0 Å². The van der Waals surface area contributed by atoms with E-state index in [2.05, 4.69) is 10.5 Å². The van der Waals surface area contributed by atoms with Crippen LogP contribution in [0.4, 0.5) is 15.8 Å². The first-order valence-corrected chi connectivity index (χ1v) is 5.00. The number of halogens is 1. The number of anilines is 2. The monoisotopic (exact) mass is 248 g/mol. The van der Waals surface area contributed by atoms with Gasteiger partial charge in [-0.1, -0.05) is 0 Å². The minimum Gasteiger partial charge on any atom is -0.382 e. The smallest absolute Gasteiger partial charge is 0.201 e. The molecule has 6 nitrogen and oxygen atoms in total. The molecule has 18 heavy (non-hydrogen) atoms. The molecule has 0 aliphatic heterocycles. The van der Waals surface area contributed by atoms with Crippen LogP contribution >= 0.6 is 0 Å². The van der Waals surface area contributed by atoms with E-state index in [1.54, 1.807) is 37.2 Å². The Morgan fingerprint density at radius 1 is 1.56 bits per heavy atom. The first-order valence-electron chi connectivity index (χ1n) is 5.00. The molecule has 0 atom stereocenters. The van der Waals surface area contributed by atoms with Gasteiger partial charge in [0.15, 0.2) is 5.84 Å². The van der Waals surface area contributed by atoms with Crippen molar-refractivity contribution >= 4 is 22.9 Å². The van der Waals surface area contributed by atoms with Gasteiger partial charge < -0.3 is 10.6 Å². The summed E-state index contributed by atoms with van der Waals surface area (Å²) >= 11 is 0. The van der Waals surface area contributed by atoms with Crippen molar-refractivity contribution in [3.05, 3.63) is 24.0 Å². The predicted octanol–water partition coefficient (Wildman–Crippen LogP) is 1.12. The Bertz CT molecular complexity index is 529. The lowest BCUT2D eigenvalue weighted by atomic mass is 10.2. The summed E-state index contributed by atoms with van der Waals surface area (Å²) in [4.78, 5) is 1.64. The van der Waals surface area contributed by atoms with Crippen LogP contribution in [0.5, 0.6) is 0 Å². The molecule has 0 amide bonds. The second-order valence-electron chi connectivity index (χ2n) is 3.66. The van der Waals surface area contributed by atoms with Gasteiger partial charge in [-0.3, -0.25) is 10.8 Å². The van der Waals surface area contributed by atoms with Gasteiger partial charge in [-0.15, -0.1) is 0 Å². The first kappa shape index (κ1) is 13.4. The van der Waals surface area contributed by atoms with E-state index in [1.807, 2.05) is 0 Å². The van der Waals surface area contributed by atoms with Crippen molar-refractivity contribution in [1.82, 2.24) is 0 Å². The van der Waals surface area contributed by atoms with Crippen molar-refractivity contribution < 1.29 is 4.39 Å². The van der Waals surface area contributed by atoms with Gasteiger partial charge >= 0.3 is 0 Å². The maximum absolute atomic E-state index is 13.6. The number of amidine groups is 1. The third-order valence-corrected chi connectivity index (χ3v) is 2.09. The molecular formula is C11H13FN6. The van der Waals surface area contributed by atoms with Crippen LogP contribution in [0.15, 0.2) is 23.3 Å². The molecule has 1 rings (SSSR count). The lowest BCUT2D eigenvalue weighted by molar-refractivity contribution is 0.626. The standard InChI is InChI=1S/C11H13FN6/c1-18(2)10-4-3-7(5-8(10)12)16-17-9(6-13)11(14)15/h3-5,16H,1-2H3,(H3,14,15)/b17-9+. The van der Waals surface area contributed by atoms with E-state index in [-0.39, 0.29) is 5.71 Å². The molecule has 0 heterocycles. The average Bonchev–Trinajstić information content (AvgIpc) is 2.28. The van der Waals surface area contributed by atoms with Gasteiger partial charge in [0.2, 0.25) is 5.71 Å². The number of hydrazone groups is 1. The maximum atomic E-state index is 13.6. The van der Waals surface area contributed by atoms with Gasteiger partial charge in [-0.2, -0.15) is 10.4 Å². The second-order valence-corrected chi connectivity index (χ2v) is 3.66. The van der Waals surface area contributed by atoms with E-state index < -0.39 is 11.7 Å². The predicted molar refractivity (Wildman–Crippen MR) is 69.3 cm³/mol. The van der Waals surface area contributed by atoms with Gasteiger partial charge in [0.05, 0.1) is 11.4 Å². The molecule has 1 aromatic carbocycles. The number of nitriles is 1. The van der Waals surface area contributed by atoms with Gasteiger partial charge in [-0.05, 0) is 12.1 Å². The summed E-state index contributed by atoms with van der Waals surface area (Å²) < 4.78 is 13.6. The third-order valence-electron chi connectivity index (χ3n) is 2.09. The van der Waals surface area contributed by atoms with Crippen LogP contribution in [0.25, 0.3) is 0 Å². The van der Waals surface area contributed by atoms with E-state index in [0.717, 1.165) is 0 Å². The van der Waals surface area contributed by atoms with Crippen LogP contribution < -0.4 is 16.1 Å². The quantitative estimate of drug-likeness (QED) is 0.422. The molecular weight excluding hydrogens is 235 g/mol. The van der Waals surface area contributed by atoms with Crippen LogP contribution in [0.2, 0.25) is 0 Å². The molecule has 94 valence electrons. The van der Waals surface area contributed by atoms with Crippen molar-refractivity contribution in [1.29, 1.82) is 10.7 Å². The molecule has 0 saturated carbocycles. The van der Waals surface area contributed by atoms with Crippen molar-refractivity contribution in [3.8, 4) is 6.07 Å². The summed E-state index contributed by atoms with van der Waals surface area (Å²) in [5.41, 5.74) is 8.14. The van der Waals surface area contributed by atoms with Crippen molar-refractivity contribution in [2.75, 3.05) is 24.4 Å². The molecule has 0 aliphatic carbocycles. The molecule has 7 heteroatoms. The van der Waals surface area contributed by atoms with E-state index in [4.69, 9.17) is 16.4 Å². The second kappa shape index (κ2) is 5.63. The minimum absolute atomic E-state index is 0.257. The van der Waals surface area contributed by atoms with Gasteiger partial charge in [0, 0.05) is 20.2 Å². The molecule has 0 aromatic heterocycles. The Balaban J connectivity index is 2.91. The largest absolute Gasteiger partial charge is 0.382 e. The molecule has 0 unspecified atom stereocenters. The highest BCUT2D eigenvalue weighted by molar-refractivity contribution is 6.45. The normalized spacial score (nSPS) is 10.7. The summed E-state index contributed by atoms with van der Waals surface area (Å²) in [6, 6.07) is 6.08. The molecule has 0 aliphatic rings. The topological polar surface area (TPSA) is 101 Å². The SMILES string of the molecule is CN(C)c1ccc(N/N=C(\C#N)C(=N)N)cc1F. The Labute approximate surface area is 104 Å². The highest BCUT2D eigenvalue weighted by Gasteiger charge is 2.05. The Kier molecular flexibility index (Phi) is 4.21. The lowest BCUT2D eigenvalue weighted by Gasteiger charge is -2.13. The fourth-order valence-corrected chi connectivity index (χ4v) is 1.21. The van der Waals surface area contributed by atoms with Crippen LogP contribution in [0, 0.1) is 22.6 Å². The van der Waals surface area contributed by atoms with Crippen LogP contribution in [-0.4, -0.2) is 25.6 Å². The van der Waals surface area contributed by atoms with Crippen molar-refractivity contribution in [3.63, 3.8) is 0 Å². The Hall–Kier alpha value is -2.62. The molecule has 0 radical (unpaired) electrons. The fraction of sp³-hybridized carbons (Fsp3) is 0.182. The van der Waals surface area contributed by atoms with Crippen LogP contribution in [0.3, 0.4) is 0 Å². The molecule has 0 saturated heterocycles. The number of nitrogens with two attached hydrogens (primary N) is 1. The van der Waals surface area contributed by atoms with Gasteiger partial charge in [-0.25, -0.2) is 4.39 Å². The lowest BCUT2D eigenvalue weighted by Crippen LogP contribution is -2.21. The van der Waals surface area contributed by atoms with Crippen LogP contribution in [-0.2, 0) is 0 Å². The maximum Gasteiger partial charge on any atom is 0.201 e. The zero-order valence-electron chi connectivity index (χ0n) is 10.0. The Morgan fingerprint density at radius 3 is 2.67 bits per heavy atom. The zero-order chi connectivity index (χ0) is 13.7.